The number of nitrogens with two attached hydrogens (primary N) is 1. The van der Waals surface area contributed by atoms with Gasteiger partial charge in [-0.15, -0.1) is 0 Å². The van der Waals surface area contributed by atoms with E-state index in [1.54, 1.807) is 0 Å². The second kappa shape index (κ2) is 5.50. The summed E-state index contributed by atoms with van der Waals surface area (Å²) in [6.07, 6.45) is 15.4. The second-order valence-electron chi connectivity index (χ2n) is 7.15. The smallest absolute Gasteiger partial charge is 0.0283 e. The highest BCUT2D eigenvalue weighted by atomic mass is 15.2. The Kier molecular flexibility index (Phi) is 3.95. The minimum absolute atomic E-state index is 0.150. The highest BCUT2D eigenvalue weighted by molar-refractivity contribution is 4.95. The van der Waals surface area contributed by atoms with Crippen LogP contribution in [-0.4, -0.2) is 29.6 Å². The first-order valence-corrected chi connectivity index (χ1v) is 8.30. The molecule has 0 amide bonds. The van der Waals surface area contributed by atoms with E-state index in [2.05, 4.69) is 4.90 Å². The molecule has 2 atom stereocenters. The van der Waals surface area contributed by atoms with Crippen LogP contribution in [0.1, 0.15) is 70.6 Å². The summed E-state index contributed by atoms with van der Waals surface area (Å²) in [7, 11) is 0. The summed E-state index contributed by atoms with van der Waals surface area (Å²) in [5, 5.41) is 0. The van der Waals surface area contributed by atoms with Crippen LogP contribution >= 0.6 is 0 Å². The highest BCUT2D eigenvalue weighted by Gasteiger charge is 2.37. The number of nitrogens with zero attached hydrogens (tertiary/aromatic N) is 1. The summed E-state index contributed by atoms with van der Waals surface area (Å²) in [4.78, 5) is 2.79. The van der Waals surface area contributed by atoms with E-state index in [1.165, 1.54) is 83.7 Å². The highest BCUT2D eigenvalue weighted by Crippen LogP contribution is 2.37. The van der Waals surface area contributed by atoms with Gasteiger partial charge in [-0.2, -0.15) is 0 Å². The van der Waals surface area contributed by atoms with E-state index >= 15 is 0 Å². The number of fused-ring (bicyclic) bond motifs is 1. The Bertz CT molecular complexity index is 268. The Balaban J connectivity index is 1.63. The molecule has 1 saturated heterocycles. The van der Waals surface area contributed by atoms with Crippen molar-refractivity contribution in [1.82, 2.24) is 4.90 Å². The largest absolute Gasteiger partial charge is 0.324 e. The number of likely N-dealkylation sites (tertiary alicyclic amines) is 1. The number of hydrogen-bond acceptors (Lipinski definition) is 2. The van der Waals surface area contributed by atoms with Crippen molar-refractivity contribution < 1.29 is 0 Å². The van der Waals surface area contributed by atoms with Crippen molar-refractivity contribution in [1.29, 1.82) is 0 Å². The molecule has 0 aromatic carbocycles. The first-order chi connectivity index (χ1) is 8.77. The third-order valence-corrected chi connectivity index (χ3v) is 5.73. The molecule has 2 nitrogen and oxygen atoms in total. The molecule has 0 aromatic heterocycles. The fourth-order valence-electron chi connectivity index (χ4n) is 4.74. The van der Waals surface area contributed by atoms with Crippen LogP contribution in [0.15, 0.2) is 0 Å². The molecule has 1 aliphatic heterocycles. The van der Waals surface area contributed by atoms with Crippen LogP contribution in [0.25, 0.3) is 0 Å². The van der Waals surface area contributed by atoms with Gasteiger partial charge >= 0.3 is 0 Å². The van der Waals surface area contributed by atoms with Gasteiger partial charge in [0.2, 0.25) is 0 Å². The number of rotatable bonds is 2. The SMILES string of the molecule is NC1(CN2CCC[C@H]3CCCC[C@H]32)CCCCC1. The minimum atomic E-state index is 0.150. The molecule has 0 aromatic rings. The van der Waals surface area contributed by atoms with Gasteiger partial charge in [-0.1, -0.05) is 32.1 Å². The van der Waals surface area contributed by atoms with Crippen molar-refractivity contribution in [3.05, 3.63) is 0 Å². The van der Waals surface area contributed by atoms with E-state index in [1.807, 2.05) is 0 Å². The first-order valence-electron chi connectivity index (χ1n) is 8.30. The molecule has 0 spiro atoms. The molecule has 2 aliphatic carbocycles. The molecule has 0 bridgehead atoms. The molecule has 3 rings (SSSR count). The van der Waals surface area contributed by atoms with Crippen LogP contribution in [0.5, 0.6) is 0 Å². The normalized spacial score (nSPS) is 37.2. The lowest BCUT2D eigenvalue weighted by Crippen LogP contribution is -2.57. The lowest BCUT2D eigenvalue weighted by atomic mass is 9.76. The van der Waals surface area contributed by atoms with Gasteiger partial charge in [-0.05, 0) is 51.0 Å². The van der Waals surface area contributed by atoms with Crippen LogP contribution in [0.2, 0.25) is 0 Å². The summed E-state index contributed by atoms with van der Waals surface area (Å²) in [5.74, 6) is 1.000. The number of piperidine rings is 1. The minimum Gasteiger partial charge on any atom is -0.324 e. The van der Waals surface area contributed by atoms with Crippen LogP contribution in [0.4, 0.5) is 0 Å². The van der Waals surface area contributed by atoms with Crippen molar-refractivity contribution in [3.63, 3.8) is 0 Å². The summed E-state index contributed by atoms with van der Waals surface area (Å²) >= 11 is 0. The lowest BCUT2D eigenvalue weighted by molar-refractivity contribution is 0.0356. The summed E-state index contributed by atoms with van der Waals surface area (Å²) in [6.45, 7) is 2.51. The third-order valence-electron chi connectivity index (χ3n) is 5.73. The van der Waals surface area contributed by atoms with E-state index in [9.17, 15) is 0 Å². The third kappa shape index (κ3) is 2.75. The van der Waals surface area contributed by atoms with Gasteiger partial charge in [0.25, 0.3) is 0 Å². The molecule has 2 N–H and O–H groups in total. The maximum Gasteiger partial charge on any atom is 0.0283 e. The molecule has 104 valence electrons. The van der Waals surface area contributed by atoms with Crippen LogP contribution in [-0.2, 0) is 0 Å². The maximum absolute atomic E-state index is 6.67. The Labute approximate surface area is 112 Å². The lowest BCUT2D eigenvalue weighted by Gasteiger charge is -2.48. The van der Waals surface area contributed by atoms with Crippen molar-refractivity contribution in [2.75, 3.05) is 13.1 Å². The second-order valence-corrected chi connectivity index (χ2v) is 7.15. The van der Waals surface area contributed by atoms with Gasteiger partial charge in [0.15, 0.2) is 0 Å². The van der Waals surface area contributed by atoms with Crippen LogP contribution in [0, 0.1) is 5.92 Å². The van der Waals surface area contributed by atoms with Crippen LogP contribution in [0.3, 0.4) is 0 Å². The fraction of sp³-hybridized carbons (Fsp3) is 1.00. The van der Waals surface area contributed by atoms with Crippen molar-refractivity contribution >= 4 is 0 Å². The predicted octanol–water partition coefficient (Wildman–Crippen LogP) is 3.30. The molecule has 18 heavy (non-hydrogen) atoms. The van der Waals surface area contributed by atoms with Crippen molar-refractivity contribution in [2.24, 2.45) is 11.7 Å². The van der Waals surface area contributed by atoms with Gasteiger partial charge in [0.05, 0.1) is 0 Å². The summed E-state index contributed by atoms with van der Waals surface area (Å²) in [6, 6.07) is 0.884. The first kappa shape index (κ1) is 12.9. The van der Waals surface area contributed by atoms with Crippen molar-refractivity contribution in [3.8, 4) is 0 Å². The van der Waals surface area contributed by atoms with E-state index in [0.717, 1.165) is 12.0 Å². The van der Waals surface area contributed by atoms with Gasteiger partial charge in [-0.3, -0.25) is 4.90 Å². The van der Waals surface area contributed by atoms with E-state index in [-0.39, 0.29) is 5.54 Å². The average molecular weight is 250 g/mol. The van der Waals surface area contributed by atoms with Crippen molar-refractivity contribution in [2.45, 2.75) is 82.2 Å². The Morgan fingerprint density at radius 3 is 2.44 bits per heavy atom. The molecule has 3 aliphatic rings. The van der Waals surface area contributed by atoms with Crippen LogP contribution < -0.4 is 5.73 Å². The summed E-state index contributed by atoms with van der Waals surface area (Å²) in [5.41, 5.74) is 6.82. The zero-order valence-corrected chi connectivity index (χ0v) is 11.9. The Morgan fingerprint density at radius 1 is 0.889 bits per heavy atom. The van der Waals surface area contributed by atoms with E-state index in [4.69, 9.17) is 5.73 Å². The summed E-state index contributed by atoms with van der Waals surface area (Å²) < 4.78 is 0. The topological polar surface area (TPSA) is 29.3 Å². The standard InChI is InChI=1S/C16H30N2/c17-16(10-4-1-5-11-16)13-18-12-6-8-14-7-2-3-9-15(14)18/h14-15H,1-13,17H2/t14-,15-/m1/s1. The van der Waals surface area contributed by atoms with E-state index < -0.39 is 0 Å². The molecular formula is C16H30N2. The van der Waals surface area contributed by atoms with Gasteiger partial charge in [0.1, 0.15) is 0 Å². The van der Waals surface area contributed by atoms with Gasteiger partial charge in [0, 0.05) is 18.1 Å². The fourth-order valence-corrected chi connectivity index (χ4v) is 4.74. The predicted molar refractivity (Wildman–Crippen MR) is 76.6 cm³/mol. The molecule has 0 unspecified atom stereocenters. The zero-order valence-electron chi connectivity index (χ0n) is 11.9. The Morgan fingerprint density at radius 2 is 1.61 bits per heavy atom. The molecular weight excluding hydrogens is 220 g/mol. The maximum atomic E-state index is 6.67. The zero-order chi connectivity index (χ0) is 12.4. The molecule has 1 heterocycles. The molecule has 2 saturated carbocycles. The van der Waals surface area contributed by atoms with Gasteiger partial charge in [-0.25, -0.2) is 0 Å². The monoisotopic (exact) mass is 250 g/mol. The number of hydrogen-bond donors (Lipinski definition) is 1. The average Bonchev–Trinajstić information content (AvgIpc) is 2.40. The van der Waals surface area contributed by atoms with Gasteiger partial charge < -0.3 is 5.73 Å². The molecule has 3 fully saturated rings. The molecule has 0 radical (unpaired) electrons. The quantitative estimate of drug-likeness (QED) is 0.815. The Hall–Kier alpha value is -0.0800. The molecule has 2 heteroatoms. The van der Waals surface area contributed by atoms with E-state index in [0.29, 0.717) is 0 Å².